The van der Waals surface area contributed by atoms with Gasteiger partial charge in [0.2, 0.25) is 0 Å². The standard InChI is InChI=1S/C7H7NO2.Na/c9-7(10)4-6-2-1-3-8-5-6;/h1-3,5H,4H2,(H,9,10);/p-1. The predicted octanol–water partition coefficient (Wildman–Crippen LogP) is -1.01. The van der Waals surface area contributed by atoms with Gasteiger partial charge in [-0.25, -0.2) is 0 Å². The zero-order valence-electron chi connectivity index (χ0n) is 6.28. The van der Waals surface area contributed by atoms with Gasteiger partial charge in [-0.3, -0.25) is 4.98 Å². The summed E-state index contributed by atoms with van der Waals surface area (Å²) < 4.78 is 0. The molecule has 0 fully saturated rings. The average Bonchev–Trinajstić information content (AvgIpc) is 1.88. The molecular formula is C7H6NNaO2-. The van der Waals surface area contributed by atoms with Gasteiger partial charge in [0.05, 0.1) is 0 Å². The Balaban J connectivity index is 0.000001000. The third-order valence-electron chi connectivity index (χ3n) is 1.07. The van der Waals surface area contributed by atoms with E-state index in [4.69, 9.17) is 0 Å². The van der Waals surface area contributed by atoms with Crippen LogP contribution in [0.5, 0.6) is 0 Å². The van der Waals surface area contributed by atoms with Crippen LogP contribution in [0.3, 0.4) is 0 Å². The molecule has 4 heteroatoms. The summed E-state index contributed by atoms with van der Waals surface area (Å²) in [4.78, 5) is 13.8. The molecule has 0 bridgehead atoms. The number of rotatable bonds is 2. The molecule has 0 aliphatic heterocycles. The van der Waals surface area contributed by atoms with E-state index in [-0.39, 0.29) is 36.0 Å². The van der Waals surface area contributed by atoms with Crippen LogP contribution in [0.2, 0.25) is 0 Å². The molecule has 0 saturated carbocycles. The Bertz CT molecular complexity index is 225. The maximum atomic E-state index is 10.0. The Labute approximate surface area is 86.8 Å². The van der Waals surface area contributed by atoms with Gasteiger partial charge < -0.3 is 9.90 Å². The van der Waals surface area contributed by atoms with E-state index in [1.165, 1.54) is 6.20 Å². The average molecular weight is 159 g/mol. The molecule has 1 aromatic heterocycles. The summed E-state index contributed by atoms with van der Waals surface area (Å²) in [5.41, 5.74) is 0.669. The Morgan fingerprint density at radius 3 is 2.82 bits per heavy atom. The van der Waals surface area contributed by atoms with Gasteiger partial charge in [0, 0.05) is 54.3 Å². The van der Waals surface area contributed by atoms with E-state index in [9.17, 15) is 9.90 Å². The second-order valence-electron chi connectivity index (χ2n) is 1.91. The number of aliphatic carboxylic acids is 1. The summed E-state index contributed by atoms with van der Waals surface area (Å²) in [7, 11) is 0. The van der Waals surface area contributed by atoms with Crippen molar-refractivity contribution in [3.63, 3.8) is 0 Å². The first-order valence-corrected chi connectivity index (χ1v) is 2.88. The smallest absolute Gasteiger partial charge is 0.0458 e. The number of nitrogens with zero attached hydrogens (tertiary/aromatic N) is 1. The van der Waals surface area contributed by atoms with Crippen LogP contribution in [0.4, 0.5) is 0 Å². The number of hydrogen-bond acceptors (Lipinski definition) is 3. The maximum absolute atomic E-state index is 10.0. The van der Waals surface area contributed by atoms with Crippen molar-refractivity contribution in [2.24, 2.45) is 0 Å². The van der Waals surface area contributed by atoms with E-state index in [1.807, 2.05) is 0 Å². The van der Waals surface area contributed by atoms with Gasteiger partial charge >= 0.3 is 0 Å². The second kappa shape index (κ2) is 5.29. The monoisotopic (exact) mass is 159 g/mol. The first kappa shape index (κ1) is 10.6. The zero-order valence-corrected chi connectivity index (χ0v) is 8.28. The van der Waals surface area contributed by atoms with Gasteiger partial charge in [0.25, 0.3) is 0 Å². The number of carboxylic acids is 1. The minimum Gasteiger partial charge on any atom is -0.550 e. The van der Waals surface area contributed by atoms with E-state index in [0.29, 0.717) is 5.56 Å². The van der Waals surface area contributed by atoms with Crippen molar-refractivity contribution in [2.45, 2.75) is 6.42 Å². The molecular weight excluding hydrogens is 153 g/mol. The van der Waals surface area contributed by atoms with Crippen molar-refractivity contribution in [2.75, 3.05) is 0 Å². The van der Waals surface area contributed by atoms with E-state index in [1.54, 1.807) is 18.3 Å². The topological polar surface area (TPSA) is 53.0 Å². The summed E-state index contributed by atoms with van der Waals surface area (Å²) in [6, 6.07) is 3.39. The number of carbonyl (C=O) groups excluding carboxylic acids is 1. The first-order chi connectivity index (χ1) is 4.79. The minimum absolute atomic E-state index is 0. The molecule has 0 spiro atoms. The summed E-state index contributed by atoms with van der Waals surface area (Å²) in [6.07, 6.45) is 3.04. The van der Waals surface area contributed by atoms with Gasteiger partial charge in [0.1, 0.15) is 0 Å². The number of carbonyl (C=O) groups is 1. The summed E-state index contributed by atoms with van der Waals surface area (Å²) in [5, 5.41) is 10.0. The van der Waals surface area contributed by atoms with Gasteiger partial charge in [-0.15, -0.1) is 0 Å². The van der Waals surface area contributed by atoms with Crippen molar-refractivity contribution in [1.82, 2.24) is 4.98 Å². The molecule has 53 valence electrons. The Kier molecular flexibility index (Phi) is 5.11. The normalized spacial score (nSPS) is 8.36. The molecule has 1 heterocycles. The van der Waals surface area contributed by atoms with Crippen LogP contribution in [0.15, 0.2) is 24.5 Å². The summed E-state index contributed by atoms with van der Waals surface area (Å²) >= 11 is 0. The third kappa shape index (κ3) is 4.14. The van der Waals surface area contributed by atoms with Crippen molar-refractivity contribution < 1.29 is 9.90 Å². The fraction of sp³-hybridized carbons (Fsp3) is 0.143. The number of pyridine rings is 1. The Morgan fingerprint density at radius 2 is 2.36 bits per heavy atom. The van der Waals surface area contributed by atoms with Gasteiger partial charge in [-0.2, -0.15) is 0 Å². The van der Waals surface area contributed by atoms with E-state index in [0.717, 1.165) is 0 Å². The van der Waals surface area contributed by atoms with Crippen molar-refractivity contribution >= 4 is 35.5 Å². The SMILES string of the molecule is O=C([O-])Cc1cccnc1.[Na]. The second-order valence-corrected chi connectivity index (χ2v) is 1.91. The van der Waals surface area contributed by atoms with Crippen molar-refractivity contribution in [3.8, 4) is 0 Å². The fourth-order valence-electron chi connectivity index (χ4n) is 0.669. The maximum Gasteiger partial charge on any atom is 0.0458 e. The molecule has 0 aliphatic carbocycles. The largest absolute Gasteiger partial charge is 0.550 e. The third-order valence-corrected chi connectivity index (χ3v) is 1.07. The van der Waals surface area contributed by atoms with Crippen LogP contribution < -0.4 is 5.11 Å². The van der Waals surface area contributed by atoms with E-state index < -0.39 is 5.97 Å². The van der Waals surface area contributed by atoms with E-state index in [2.05, 4.69) is 4.98 Å². The summed E-state index contributed by atoms with van der Waals surface area (Å²) in [6.45, 7) is 0. The van der Waals surface area contributed by atoms with Crippen LogP contribution in [0.25, 0.3) is 0 Å². The van der Waals surface area contributed by atoms with Crippen LogP contribution in [0.1, 0.15) is 5.56 Å². The number of hydrogen-bond donors (Lipinski definition) is 0. The quantitative estimate of drug-likeness (QED) is 0.520. The molecule has 0 aliphatic rings. The molecule has 0 aromatic carbocycles. The van der Waals surface area contributed by atoms with Gasteiger partial charge in [0.15, 0.2) is 0 Å². The molecule has 11 heavy (non-hydrogen) atoms. The number of carboxylic acid groups (broad SMARTS) is 1. The van der Waals surface area contributed by atoms with Crippen LogP contribution in [-0.2, 0) is 11.2 Å². The van der Waals surface area contributed by atoms with Crippen LogP contribution in [0, 0.1) is 0 Å². The van der Waals surface area contributed by atoms with Crippen molar-refractivity contribution in [1.29, 1.82) is 0 Å². The molecule has 0 N–H and O–H groups in total. The van der Waals surface area contributed by atoms with Gasteiger partial charge in [-0.05, 0) is 11.6 Å². The van der Waals surface area contributed by atoms with Crippen LogP contribution in [-0.4, -0.2) is 40.5 Å². The van der Waals surface area contributed by atoms with Crippen LogP contribution >= 0.6 is 0 Å². The molecule has 3 nitrogen and oxygen atoms in total. The van der Waals surface area contributed by atoms with E-state index >= 15 is 0 Å². The van der Waals surface area contributed by atoms with Gasteiger partial charge in [-0.1, -0.05) is 6.07 Å². The Morgan fingerprint density at radius 1 is 1.64 bits per heavy atom. The molecule has 0 amide bonds. The predicted molar refractivity (Wildman–Crippen MR) is 38.7 cm³/mol. The molecule has 1 radical (unpaired) electrons. The molecule has 1 rings (SSSR count). The minimum atomic E-state index is -1.08. The fourth-order valence-corrected chi connectivity index (χ4v) is 0.669. The number of aromatic nitrogens is 1. The molecule has 0 saturated heterocycles. The van der Waals surface area contributed by atoms with Crippen molar-refractivity contribution in [3.05, 3.63) is 30.1 Å². The first-order valence-electron chi connectivity index (χ1n) is 2.88. The molecule has 1 aromatic rings. The Hall–Kier alpha value is -0.380. The molecule has 0 atom stereocenters. The summed E-state index contributed by atoms with van der Waals surface area (Å²) in [5.74, 6) is -1.08. The zero-order chi connectivity index (χ0) is 7.40. The molecule has 0 unspecified atom stereocenters.